The van der Waals surface area contributed by atoms with Crippen LogP contribution in [0.25, 0.3) is 0 Å². The lowest BCUT2D eigenvalue weighted by Gasteiger charge is -2.31. The van der Waals surface area contributed by atoms with Gasteiger partial charge in [0.05, 0.1) is 17.8 Å². The van der Waals surface area contributed by atoms with Crippen LogP contribution < -0.4 is 5.32 Å². The number of pyridine rings is 1. The van der Waals surface area contributed by atoms with Crippen molar-refractivity contribution < 1.29 is 13.6 Å². The summed E-state index contributed by atoms with van der Waals surface area (Å²) in [5.41, 5.74) is 0.498. The zero-order valence-corrected chi connectivity index (χ0v) is 13.9. The summed E-state index contributed by atoms with van der Waals surface area (Å²) < 4.78 is 27.7. The fraction of sp³-hybridized carbons (Fsp3) is 0.368. The van der Waals surface area contributed by atoms with Crippen LogP contribution in [0.2, 0.25) is 0 Å². The fourth-order valence-corrected chi connectivity index (χ4v) is 3.17. The molecule has 0 bridgehead atoms. The summed E-state index contributed by atoms with van der Waals surface area (Å²) in [6.45, 7) is 1.97. The quantitative estimate of drug-likeness (QED) is 0.926. The number of benzene rings is 1. The third kappa shape index (κ3) is 4.20. The van der Waals surface area contributed by atoms with Crippen LogP contribution in [0.4, 0.5) is 8.78 Å². The highest BCUT2D eigenvalue weighted by molar-refractivity contribution is 5.94. The third-order valence-corrected chi connectivity index (χ3v) is 4.49. The molecule has 1 amide bonds. The molecule has 132 valence electrons. The highest BCUT2D eigenvalue weighted by atomic mass is 19.2. The van der Waals surface area contributed by atoms with E-state index in [1.807, 2.05) is 12.1 Å². The second kappa shape index (κ2) is 8.16. The van der Waals surface area contributed by atoms with Crippen LogP contribution in [0.1, 0.15) is 35.3 Å². The van der Waals surface area contributed by atoms with Gasteiger partial charge in [0.15, 0.2) is 11.6 Å². The molecule has 3 rings (SSSR count). The molecule has 25 heavy (non-hydrogen) atoms. The molecule has 1 aromatic carbocycles. The first-order chi connectivity index (χ1) is 12.2. The first kappa shape index (κ1) is 17.5. The third-order valence-electron chi connectivity index (χ3n) is 4.49. The minimum absolute atomic E-state index is 0.0350. The van der Waals surface area contributed by atoms with Crippen molar-refractivity contribution in [1.29, 1.82) is 0 Å². The lowest BCUT2D eigenvalue weighted by Crippen LogP contribution is -2.41. The number of amides is 1. The largest absolute Gasteiger partial charge is 0.330 e. The number of carbonyl (C=O) groups is 1. The van der Waals surface area contributed by atoms with Gasteiger partial charge in [-0.15, -0.1) is 0 Å². The van der Waals surface area contributed by atoms with Gasteiger partial charge in [0.1, 0.15) is 0 Å². The maximum atomic E-state index is 14.1. The molecule has 2 heterocycles. The summed E-state index contributed by atoms with van der Waals surface area (Å²) in [5.74, 6) is -2.59. The number of hydrogen-bond acceptors (Lipinski definition) is 3. The van der Waals surface area contributed by atoms with Gasteiger partial charge in [0, 0.05) is 12.2 Å². The Morgan fingerprint density at radius 2 is 2.04 bits per heavy atom. The number of hydrogen-bond donors (Lipinski definition) is 1. The topological polar surface area (TPSA) is 45.2 Å². The van der Waals surface area contributed by atoms with E-state index in [-0.39, 0.29) is 18.2 Å². The Labute approximate surface area is 145 Å². The highest BCUT2D eigenvalue weighted by Crippen LogP contribution is 2.21. The molecule has 4 nitrogen and oxygen atoms in total. The smallest absolute Gasteiger partial charge is 0.257 e. The van der Waals surface area contributed by atoms with E-state index >= 15 is 0 Å². The van der Waals surface area contributed by atoms with E-state index in [4.69, 9.17) is 0 Å². The molecule has 0 aliphatic carbocycles. The summed E-state index contributed by atoms with van der Waals surface area (Å²) >= 11 is 0. The van der Waals surface area contributed by atoms with Gasteiger partial charge >= 0.3 is 0 Å². The molecule has 1 fully saturated rings. The van der Waals surface area contributed by atoms with Crippen LogP contribution in [0.5, 0.6) is 0 Å². The molecule has 1 aliphatic rings. The molecule has 2 aromatic rings. The number of carbonyl (C=O) groups excluding carboxylic acids is 1. The molecule has 1 saturated heterocycles. The standard InChI is InChI=1S/C19H21F2N3O/c20-17-8-3-7-16(18(17)21)19(25)24(13-14-5-1-2-11-23-14)15-6-4-10-22-12-9-15/h1-3,5,7-8,11,15,22H,4,6,9-10,12-13H2. The van der Waals surface area contributed by atoms with Gasteiger partial charge in [0.25, 0.3) is 5.91 Å². The van der Waals surface area contributed by atoms with E-state index in [2.05, 4.69) is 10.3 Å². The molecule has 1 N–H and O–H groups in total. The van der Waals surface area contributed by atoms with E-state index < -0.39 is 17.5 Å². The van der Waals surface area contributed by atoms with Crippen molar-refractivity contribution >= 4 is 5.91 Å². The Bertz CT molecular complexity index is 716. The molecule has 0 saturated carbocycles. The summed E-state index contributed by atoms with van der Waals surface area (Å²) in [7, 11) is 0. The Hall–Kier alpha value is -2.34. The highest BCUT2D eigenvalue weighted by Gasteiger charge is 2.28. The second-order valence-corrected chi connectivity index (χ2v) is 6.19. The molecule has 1 aliphatic heterocycles. The lowest BCUT2D eigenvalue weighted by atomic mass is 10.0. The molecular formula is C19H21F2N3O. The van der Waals surface area contributed by atoms with E-state index in [9.17, 15) is 13.6 Å². The molecule has 6 heteroatoms. The van der Waals surface area contributed by atoms with Crippen molar-refractivity contribution in [2.75, 3.05) is 13.1 Å². The molecule has 0 spiro atoms. The van der Waals surface area contributed by atoms with Gasteiger partial charge in [-0.25, -0.2) is 8.78 Å². The van der Waals surface area contributed by atoms with Gasteiger partial charge < -0.3 is 10.2 Å². The maximum absolute atomic E-state index is 14.1. The Kier molecular flexibility index (Phi) is 5.71. The van der Waals surface area contributed by atoms with Gasteiger partial charge in [0.2, 0.25) is 0 Å². The zero-order valence-electron chi connectivity index (χ0n) is 13.9. The first-order valence-corrected chi connectivity index (χ1v) is 8.52. The maximum Gasteiger partial charge on any atom is 0.257 e. The van der Waals surface area contributed by atoms with Crippen LogP contribution in [-0.4, -0.2) is 34.9 Å². The van der Waals surface area contributed by atoms with Gasteiger partial charge in [-0.2, -0.15) is 0 Å². The molecular weight excluding hydrogens is 324 g/mol. The van der Waals surface area contributed by atoms with Gasteiger partial charge in [-0.3, -0.25) is 9.78 Å². The normalized spacial score (nSPS) is 17.8. The monoisotopic (exact) mass is 345 g/mol. The van der Waals surface area contributed by atoms with Crippen molar-refractivity contribution in [2.24, 2.45) is 0 Å². The van der Waals surface area contributed by atoms with Crippen LogP contribution in [0, 0.1) is 11.6 Å². The average molecular weight is 345 g/mol. The number of nitrogens with zero attached hydrogens (tertiary/aromatic N) is 2. The second-order valence-electron chi connectivity index (χ2n) is 6.19. The number of nitrogens with one attached hydrogen (secondary N) is 1. The van der Waals surface area contributed by atoms with E-state index in [0.29, 0.717) is 0 Å². The van der Waals surface area contributed by atoms with Crippen molar-refractivity contribution in [1.82, 2.24) is 15.2 Å². The first-order valence-electron chi connectivity index (χ1n) is 8.52. The predicted molar refractivity (Wildman–Crippen MR) is 91.0 cm³/mol. The Balaban J connectivity index is 1.91. The molecule has 1 unspecified atom stereocenters. The van der Waals surface area contributed by atoms with Crippen LogP contribution >= 0.6 is 0 Å². The van der Waals surface area contributed by atoms with Crippen molar-refractivity contribution in [2.45, 2.75) is 31.8 Å². The predicted octanol–water partition coefficient (Wildman–Crippen LogP) is 3.14. The average Bonchev–Trinajstić information content (AvgIpc) is 2.92. The van der Waals surface area contributed by atoms with Gasteiger partial charge in [-0.1, -0.05) is 12.1 Å². The summed E-state index contributed by atoms with van der Waals surface area (Å²) in [4.78, 5) is 18.9. The minimum atomic E-state index is -1.09. The Morgan fingerprint density at radius 1 is 1.16 bits per heavy atom. The van der Waals surface area contributed by atoms with Gasteiger partial charge in [-0.05, 0) is 56.6 Å². The van der Waals surface area contributed by atoms with Crippen LogP contribution in [0.15, 0.2) is 42.6 Å². The van der Waals surface area contributed by atoms with Crippen molar-refractivity contribution in [3.63, 3.8) is 0 Å². The summed E-state index contributed by atoms with van der Waals surface area (Å²) in [6.07, 6.45) is 4.19. The molecule has 0 radical (unpaired) electrons. The number of rotatable bonds is 4. The van der Waals surface area contributed by atoms with Crippen molar-refractivity contribution in [3.8, 4) is 0 Å². The van der Waals surface area contributed by atoms with E-state index in [1.54, 1.807) is 17.2 Å². The molecule has 1 atom stereocenters. The minimum Gasteiger partial charge on any atom is -0.330 e. The van der Waals surface area contributed by atoms with E-state index in [1.165, 1.54) is 12.1 Å². The molecule has 1 aromatic heterocycles. The Morgan fingerprint density at radius 3 is 2.84 bits per heavy atom. The van der Waals surface area contributed by atoms with Crippen LogP contribution in [0.3, 0.4) is 0 Å². The lowest BCUT2D eigenvalue weighted by molar-refractivity contribution is 0.0636. The fourth-order valence-electron chi connectivity index (χ4n) is 3.17. The zero-order chi connectivity index (χ0) is 17.6. The van der Waals surface area contributed by atoms with Crippen molar-refractivity contribution in [3.05, 3.63) is 65.5 Å². The van der Waals surface area contributed by atoms with E-state index in [0.717, 1.165) is 44.1 Å². The van der Waals surface area contributed by atoms with Crippen LogP contribution in [-0.2, 0) is 6.54 Å². The number of aromatic nitrogens is 1. The summed E-state index contributed by atoms with van der Waals surface area (Å²) in [6, 6.07) is 9.16. The SMILES string of the molecule is O=C(c1cccc(F)c1F)N(Cc1ccccn1)C1CCCNCC1. The summed E-state index contributed by atoms with van der Waals surface area (Å²) in [5, 5.41) is 3.31. The number of halogens is 2.